The lowest BCUT2D eigenvalue weighted by Gasteiger charge is -2.23. The summed E-state index contributed by atoms with van der Waals surface area (Å²) in [6, 6.07) is 6.55. The summed E-state index contributed by atoms with van der Waals surface area (Å²) in [6.45, 7) is 2.49. The molecule has 0 aliphatic rings. The van der Waals surface area contributed by atoms with Gasteiger partial charge in [0.2, 0.25) is 0 Å². The minimum absolute atomic E-state index is 0.0148. The Morgan fingerprint density at radius 1 is 0.900 bits per heavy atom. The predicted molar refractivity (Wildman–Crippen MR) is 134 cm³/mol. The number of amides is 1. The topological polar surface area (TPSA) is 87.1 Å². The second kappa shape index (κ2) is 11.5. The molecule has 0 spiro atoms. The molecule has 0 aliphatic carbocycles. The maximum Gasteiger partial charge on any atom is 0.416 e. The highest BCUT2D eigenvalue weighted by atomic mass is 35.5. The number of phenolic OH excluding ortho intramolecular Hbond substituents is 1. The Balaban J connectivity index is 2.07. The van der Waals surface area contributed by atoms with E-state index in [9.17, 15) is 46.1 Å². The first-order valence-corrected chi connectivity index (χ1v) is 12.0. The maximum absolute atomic E-state index is 13.3. The van der Waals surface area contributed by atoms with Gasteiger partial charge in [-0.25, -0.2) is 0 Å². The number of carbonyl (C=O) groups excluding carboxylic acids is 1. The first kappa shape index (κ1) is 30.9. The van der Waals surface area contributed by atoms with Crippen LogP contribution in [0.1, 0.15) is 46.8 Å². The van der Waals surface area contributed by atoms with Crippen LogP contribution < -0.4 is 9.64 Å². The van der Waals surface area contributed by atoms with Crippen molar-refractivity contribution in [1.29, 1.82) is 0 Å². The molecule has 0 saturated carbocycles. The Morgan fingerprint density at radius 3 is 1.88 bits per heavy atom. The summed E-state index contributed by atoms with van der Waals surface area (Å²) < 4.78 is 85.5. The summed E-state index contributed by atoms with van der Waals surface area (Å²) in [6.07, 6.45) is -10.5. The van der Waals surface area contributed by atoms with Crippen LogP contribution in [0, 0.1) is 0 Å². The van der Waals surface area contributed by atoms with E-state index in [0.717, 1.165) is 12.1 Å². The lowest BCUT2D eigenvalue weighted by molar-refractivity contribution is -0.143. The van der Waals surface area contributed by atoms with Gasteiger partial charge in [-0.3, -0.25) is 14.5 Å². The number of alkyl halides is 6. The highest BCUT2D eigenvalue weighted by molar-refractivity contribution is 6.37. The summed E-state index contributed by atoms with van der Waals surface area (Å²) in [5.41, 5.74) is -4.37. The number of aliphatic carboxylic acids is 1. The van der Waals surface area contributed by atoms with Gasteiger partial charge in [0.1, 0.15) is 18.0 Å². The van der Waals surface area contributed by atoms with Crippen LogP contribution in [-0.4, -0.2) is 28.6 Å². The molecular weight excluding hydrogens is 591 g/mol. The van der Waals surface area contributed by atoms with E-state index in [2.05, 4.69) is 0 Å². The number of phenols is 1. The third-order valence-corrected chi connectivity index (χ3v) is 6.07. The van der Waals surface area contributed by atoms with Crippen molar-refractivity contribution >= 4 is 40.8 Å². The van der Waals surface area contributed by atoms with Crippen molar-refractivity contribution in [1.82, 2.24) is 0 Å². The van der Waals surface area contributed by atoms with Gasteiger partial charge < -0.3 is 14.9 Å². The van der Waals surface area contributed by atoms with Gasteiger partial charge in [-0.2, -0.15) is 26.3 Å². The van der Waals surface area contributed by atoms with Crippen LogP contribution in [0.4, 0.5) is 32.0 Å². The Kier molecular flexibility index (Phi) is 8.85. The minimum Gasteiger partial charge on any atom is -0.508 e. The number of aromatic hydroxyl groups is 1. The number of anilines is 1. The van der Waals surface area contributed by atoms with Crippen LogP contribution in [0.5, 0.6) is 17.2 Å². The smallest absolute Gasteiger partial charge is 0.416 e. The van der Waals surface area contributed by atoms with E-state index in [-0.39, 0.29) is 57.1 Å². The average molecular weight is 610 g/mol. The molecule has 3 aromatic carbocycles. The van der Waals surface area contributed by atoms with Crippen molar-refractivity contribution in [3.63, 3.8) is 0 Å². The fourth-order valence-corrected chi connectivity index (χ4v) is 4.18. The quantitative estimate of drug-likeness (QED) is 0.263. The highest BCUT2D eigenvalue weighted by Gasteiger charge is 2.38. The van der Waals surface area contributed by atoms with Gasteiger partial charge in [-0.05, 0) is 54.4 Å². The second-order valence-corrected chi connectivity index (χ2v) is 9.61. The average Bonchev–Trinajstić information content (AvgIpc) is 2.83. The molecular formula is C26H19Cl2F6NO5. The lowest BCUT2D eigenvalue weighted by Crippen LogP contribution is -2.36. The maximum atomic E-state index is 13.3. The van der Waals surface area contributed by atoms with Crippen LogP contribution in [0.25, 0.3) is 0 Å². The first-order chi connectivity index (χ1) is 18.4. The number of hydrogen-bond acceptors (Lipinski definition) is 4. The molecule has 6 nitrogen and oxygen atoms in total. The van der Waals surface area contributed by atoms with Crippen LogP contribution in [0.3, 0.4) is 0 Å². The Labute approximate surface area is 233 Å². The van der Waals surface area contributed by atoms with Crippen LogP contribution in [0.2, 0.25) is 10.0 Å². The number of carbonyl (C=O) groups is 2. The summed E-state index contributed by atoms with van der Waals surface area (Å²) in [7, 11) is 0. The standard InChI is InChI=1S/C26H19Cl2F6NO5/c1-12(2)18-10-17(3-4-21(18)36)40-23-19(27)8-16(9-20(23)28)35(11-22(37)38)24(39)13-5-14(25(29,30)31)7-15(6-13)26(32,33)34/h3-10,12,36H,11H2,1-2H3,(H,37,38). The predicted octanol–water partition coefficient (Wildman–Crippen LogP) is 8.38. The summed E-state index contributed by atoms with van der Waals surface area (Å²) >= 11 is 12.6. The molecule has 0 aliphatic heterocycles. The number of benzene rings is 3. The number of halogens is 8. The van der Waals surface area contributed by atoms with Crippen molar-refractivity contribution in [3.8, 4) is 17.2 Å². The Bertz CT molecular complexity index is 1400. The van der Waals surface area contributed by atoms with Gasteiger partial charge in [0.05, 0.1) is 21.2 Å². The van der Waals surface area contributed by atoms with Crippen LogP contribution in [-0.2, 0) is 17.1 Å². The van der Waals surface area contributed by atoms with Crippen molar-refractivity contribution in [3.05, 3.63) is 80.8 Å². The number of carboxylic acid groups (broad SMARTS) is 1. The molecule has 3 aromatic rings. The largest absolute Gasteiger partial charge is 0.508 e. The Morgan fingerprint density at radius 2 is 1.43 bits per heavy atom. The van der Waals surface area contributed by atoms with Gasteiger partial charge >= 0.3 is 18.3 Å². The van der Waals surface area contributed by atoms with E-state index < -0.39 is 47.5 Å². The molecule has 14 heteroatoms. The summed E-state index contributed by atoms with van der Waals surface area (Å²) in [4.78, 5) is 25.1. The normalized spacial score (nSPS) is 12.0. The summed E-state index contributed by atoms with van der Waals surface area (Å²) in [5, 5.41) is 18.8. The molecule has 0 aromatic heterocycles. The molecule has 2 N–H and O–H groups in total. The highest BCUT2D eigenvalue weighted by Crippen LogP contribution is 2.42. The molecule has 0 unspecified atom stereocenters. The SMILES string of the molecule is CC(C)c1cc(Oc2c(Cl)cc(N(CC(=O)O)C(=O)c3cc(C(F)(F)F)cc(C(F)(F)F)c3)cc2Cl)ccc1O. The molecule has 0 bridgehead atoms. The molecule has 0 radical (unpaired) electrons. The molecule has 0 fully saturated rings. The van der Waals surface area contributed by atoms with Crippen molar-refractivity contribution in [2.75, 3.05) is 11.4 Å². The molecule has 0 heterocycles. The third kappa shape index (κ3) is 7.11. The van der Waals surface area contributed by atoms with E-state index in [4.69, 9.17) is 27.9 Å². The van der Waals surface area contributed by atoms with Gasteiger partial charge in [0.25, 0.3) is 5.91 Å². The monoisotopic (exact) mass is 609 g/mol. The molecule has 40 heavy (non-hydrogen) atoms. The third-order valence-electron chi connectivity index (χ3n) is 5.51. The zero-order valence-corrected chi connectivity index (χ0v) is 22.0. The molecule has 0 atom stereocenters. The van der Waals surface area contributed by atoms with Crippen molar-refractivity contribution in [2.45, 2.75) is 32.1 Å². The molecule has 0 saturated heterocycles. The van der Waals surface area contributed by atoms with E-state index >= 15 is 0 Å². The zero-order chi connectivity index (χ0) is 30.2. The van der Waals surface area contributed by atoms with Crippen LogP contribution in [0.15, 0.2) is 48.5 Å². The van der Waals surface area contributed by atoms with Gasteiger partial charge in [-0.1, -0.05) is 37.0 Å². The first-order valence-electron chi connectivity index (χ1n) is 11.2. The number of rotatable bonds is 7. The second-order valence-electron chi connectivity index (χ2n) is 8.80. The van der Waals surface area contributed by atoms with Crippen molar-refractivity contribution in [2.24, 2.45) is 0 Å². The summed E-state index contributed by atoms with van der Waals surface area (Å²) in [5.74, 6) is -3.12. The fraction of sp³-hybridized carbons (Fsp3) is 0.231. The molecule has 3 rings (SSSR count). The molecule has 1 amide bonds. The Hall–Kier alpha value is -3.64. The number of nitrogens with zero attached hydrogens (tertiary/aromatic N) is 1. The molecule has 214 valence electrons. The van der Waals surface area contributed by atoms with Gasteiger partial charge in [-0.15, -0.1) is 0 Å². The van der Waals surface area contributed by atoms with E-state index in [1.165, 1.54) is 18.2 Å². The van der Waals surface area contributed by atoms with Gasteiger partial charge in [0.15, 0.2) is 5.75 Å². The van der Waals surface area contributed by atoms with Crippen LogP contribution >= 0.6 is 23.2 Å². The van der Waals surface area contributed by atoms with Crippen molar-refractivity contribution < 1.29 is 50.9 Å². The van der Waals surface area contributed by atoms with E-state index in [0.29, 0.717) is 10.5 Å². The number of hydrogen-bond donors (Lipinski definition) is 2. The van der Waals surface area contributed by atoms with E-state index in [1.54, 1.807) is 0 Å². The fourth-order valence-electron chi connectivity index (χ4n) is 3.63. The minimum atomic E-state index is -5.23. The lowest BCUT2D eigenvalue weighted by atomic mass is 10.0. The van der Waals surface area contributed by atoms with E-state index in [1.807, 2.05) is 13.8 Å². The number of ether oxygens (including phenoxy) is 1. The zero-order valence-electron chi connectivity index (χ0n) is 20.5. The number of carboxylic acids is 1. The van der Waals surface area contributed by atoms with Gasteiger partial charge in [0, 0.05) is 16.8 Å².